The summed E-state index contributed by atoms with van der Waals surface area (Å²) in [4.78, 5) is 13.9. The summed E-state index contributed by atoms with van der Waals surface area (Å²) in [7, 11) is 0. The molecule has 1 saturated heterocycles. The van der Waals surface area contributed by atoms with E-state index in [0.29, 0.717) is 6.04 Å². The molecule has 0 aromatic carbocycles. The highest BCUT2D eigenvalue weighted by molar-refractivity contribution is 5.01. The largest absolute Gasteiger partial charge is 0.380 e. The zero-order valence-electron chi connectivity index (χ0n) is 13.6. The van der Waals surface area contributed by atoms with Crippen LogP contribution in [0.15, 0.2) is 12.4 Å². The van der Waals surface area contributed by atoms with Crippen LogP contribution in [-0.2, 0) is 11.3 Å². The molecule has 1 atom stereocenters. The van der Waals surface area contributed by atoms with Crippen molar-refractivity contribution in [2.24, 2.45) is 0 Å². The topological polar surface area (TPSA) is 41.5 Å². The third-order valence-electron chi connectivity index (χ3n) is 4.11. The molecule has 0 radical (unpaired) electrons. The number of piperazine rings is 1. The molecule has 0 unspecified atom stereocenters. The third kappa shape index (κ3) is 5.02. The van der Waals surface area contributed by atoms with E-state index in [1.165, 1.54) is 6.42 Å². The van der Waals surface area contributed by atoms with Crippen LogP contribution in [0.2, 0.25) is 0 Å². The highest BCUT2D eigenvalue weighted by Gasteiger charge is 2.25. The monoisotopic (exact) mass is 292 g/mol. The molecule has 1 aliphatic rings. The van der Waals surface area contributed by atoms with Crippen molar-refractivity contribution in [3.8, 4) is 0 Å². The number of aromatic nitrogens is 2. The van der Waals surface area contributed by atoms with Crippen molar-refractivity contribution < 1.29 is 4.74 Å². The van der Waals surface area contributed by atoms with Gasteiger partial charge in [-0.05, 0) is 20.3 Å². The normalized spacial score (nSPS) is 20.8. The van der Waals surface area contributed by atoms with Gasteiger partial charge in [0.15, 0.2) is 0 Å². The van der Waals surface area contributed by atoms with E-state index in [2.05, 4.69) is 33.6 Å². The molecule has 0 bridgehead atoms. The van der Waals surface area contributed by atoms with Crippen LogP contribution in [-0.4, -0.2) is 65.2 Å². The molecule has 21 heavy (non-hydrogen) atoms. The first-order valence-corrected chi connectivity index (χ1v) is 8.04. The second-order valence-corrected chi connectivity index (χ2v) is 5.68. The predicted molar refractivity (Wildman–Crippen MR) is 84.2 cm³/mol. The fourth-order valence-corrected chi connectivity index (χ4v) is 2.84. The summed E-state index contributed by atoms with van der Waals surface area (Å²) < 4.78 is 5.49. The molecule has 1 fully saturated rings. The van der Waals surface area contributed by atoms with Gasteiger partial charge >= 0.3 is 0 Å². The lowest BCUT2D eigenvalue weighted by molar-refractivity contribution is 0.0381. The maximum Gasteiger partial charge on any atom is 0.0727 e. The molecule has 5 heteroatoms. The van der Waals surface area contributed by atoms with E-state index in [1.807, 2.05) is 19.3 Å². The van der Waals surface area contributed by atoms with Crippen molar-refractivity contribution in [2.75, 3.05) is 39.4 Å². The molecule has 2 heterocycles. The van der Waals surface area contributed by atoms with Gasteiger partial charge in [-0.15, -0.1) is 0 Å². The Morgan fingerprint density at radius 1 is 1.24 bits per heavy atom. The zero-order chi connectivity index (χ0) is 15.1. The fraction of sp³-hybridized carbons (Fsp3) is 0.750. The van der Waals surface area contributed by atoms with Crippen molar-refractivity contribution in [3.05, 3.63) is 23.8 Å². The number of aryl methyl sites for hydroxylation is 1. The Morgan fingerprint density at radius 2 is 2.10 bits per heavy atom. The smallest absolute Gasteiger partial charge is 0.0727 e. The van der Waals surface area contributed by atoms with Gasteiger partial charge in [0.25, 0.3) is 0 Å². The van der Waals surface area contributed by atoms with E-state index in [-0.39, 0.29) is 0 Å². The van der Waals surface area contributed by atoms with Crippen molar-refractivity contribution >= 4 is 0 Å². The highest BCUT2D eigenvalue weighted by atomic mass is 16.5. The van der Waals surface area contributed by atoms with E-state index < -0.39 is 0 Å². The average Bonchev–Trinajstić information content (AvgIpc) is 2.51. The summed E-state index contributed by atoms with van der Waals surface area (Å²) >= 11 is 0. The number of hydrogen-bond acceptors (Lipinski definition) is 5. The average molecular weight is 292 g/mol. The van der Waals surface area contributed by atoms with Gasteiger partial charge in [-0.25, -0.2) is 0 Å². The Kier molecular flexibility index (Phi) is 6.54. The fourth-order valence-electron chi connectivity index (χ4n) is 2.84. The Morgan fingerprint density at radius 3 is 2.76 bits per heavy atom. The minimum atomic E-state index is 0.623. The first kappa shape index (κ1) is 16.3. The van der Waals surface area contributed by atoms with Crippen molar-refractivity contribution in [1.29, 1.82) is 0 Å². The summed E-state index contributed by atoms with van der Waals surface area (Å²) in [6.07, 6.45) is 4.94. The summed E-state index contributed by atoms with van der Waals surface area (Å²) in [5.74, 6) is 0. The van der Waals surface area contributed by atoms with Gasteiger partial charge in [-0.3, -0.25) is 19.8 Å². The Hall–Kier alpha value is -1.04. The second kappa shape index (κ2) is 8.41. The molecule has 2 rings (SSSR count). The summed E-state index contributed by atoms with van der Waals surface area (Å²) in [6.45, 7) is 13.2. The van der Waals surface area contributed by atoms with Crippen molar-refractivity contribution in [1.82, 2.24) is 19.8 Å². The molecule has 5 nitrogen and oxygen atoms in total. The quantitative estimate of drug-likeness (QED) is 0.716. The van der Waals surface area contributed by atoms with Crippen LogP contribution in [0.4, 0.5) is 0 Å². The Labute approximate surface area is 128 Å². The van der Waals surface area contributed by atoms with Gasteiger partial charge in [0.1, 0.15) is 0 Å². The molecule has 1 aromatic heterocycles. The van der Waals surface area contributed by atoms with Crippen LogP contribution >= 0.6 is 0 Å². The van der Waals surface area contributed by atoms with E-state index >= 15 is 0 Å². The number of rotatable bonds is 7. The molecule has 0 amide bonds. The van der Waals surface area contributed by atoms with Crippen LogP contribution in [0, 0.1) is 6.92 Å². The van der Waals surface area contributed by atoms with Gasteiger partial charge in [0.2, 0.25) is 0 Å². The minimum absolute atomic E-state index is 0.623. The van der Waals surface area contributed by atoms with Crippen LogP contribution in [0.1, 0.15) is 31.7 Å². The molecule has 0 saturated carbocycles. The van der Waals surface area contributed by atoms with E-state index in [0.717, 1.165) is 57.3 Å². The highest BCUT2D eigenvalue weighted by Crippen LogP contribution is 2.14. The van der Waals surface area contributed by atoms with Crippen molar-refractivity contribution in [3.63, 3.8) is 0 Å². The lowest BCUT2D eigenvalue weighted by Crippen LogP contribution is -2.53. The molecule has 118 valence electrons. The van der Waals surface area contributed by atoms with E-state index in [9.17, 15) is 0 Å². The predicted octanol–water partition coefficient (Wildman–Crippen LogP) is 1.72. The first-order valence-electron chi connectivity index (χ1n) is 8.04. The number of hydrogen-bond donors (Lipinski definition) is 0. The van der Waals surface area contributed by atoms with E-state index in [4.69, 9.17) is 4.74 Å². The minimum Gasteiger partial charge on any atom is -0.380 e. The summed E-state index contributed by atoms with van der Waals surface area (Å²) in [6, 6.07) is 0.623. The standard InChI is InChI=1S/C16H28N4O/c1-4-16-13-19(6-7-20(16)8-9-21-5-2)12-15-11-17-14(3)10-18-15/h10-11,16H,4-9,12-13H2,1-3H3/t16-/m1/s1. The second-order valence-electron chi connectivity index (χ2n) is 5.68. The van der Waals surface area contributed by atoms with Gasteiger partial charge in [-0.1, -0.05) is 6.92 Å². The lowest BCUT2D eigenvalue weighted by atomic mass is 10.1. The molecule has 0 N–H and O–H groups in total. The Balaban J connectivity index is 1.83. The van der Waals surface area contributed by atoms with Crippen LogP contribution in [0.25, 0.3) is 0 Å². The molecule has 1 aliphatic heterocycles. The molecule has 0 spiro atoms. The summed E-state index contributed by atoms with van der Waals surface area (Å²) in [5, 5.41) is 0. The maximum atomic E-state index is 5.49. The van der Waals surface area contributed by atoms with Gasteiger partial charge in [0.05, 0.1) is 18.0 Å². The number of nitrogens with zero attached hydrogens (tertiary/aromatic N) is 4. The van der Waals surface area contributed by atoms with Crippen molar-refractivity contribution in [2.45, 2.75) is 39.8 Å². The van der Waals surface area contributed by atoms with Gasteiger partial charge in [0, 0.05) is 57.8 Å². The molecular formula is C16H28N4O. The molecule has 0 aliphatic carbocycles. The van der Waals surface area contributed by atoms with Crippen LogP contribution < -0.4 is 0 Å². The lowest BCUT2D eigenvalue weighted by Gasteiger charge is -2.41. The summed E-state index contributed by atoms with van der Waals surface area (Å²) in [5.41, 5.74) is 2.05. The SMILES string of the molecule is CCOCCN1CCN(Cc2cnc(C)cn2)C[C@H]1CC. The third-order valence-corrected chi connectivity index (χ3v) is 4.11. The first-order chi connectivity index (χ1) is 10.2. The molecule has 1 aromatic rings. The van der Waals surface area contributed by atoms with Crippen LogP contribution in [0.5, 0.6) is 0 Å². The van der Waals surface area contributed by atoms with Gasteiger partial charge < -0.3 is 4.74 Å². The number of ether oxygens (including phenoxy) is 1. The van der Waals surface area contributed by atoms with Gasteiger partial charge in [-0.2, -0.15) is 0 Å². The van der Waals surface area contributed by atoms with E-state index in [1.54, 1.807) is 0 Å². The maximum absolute atomic E-state index is 5.49. The van der Waals surface area contributed by atoms with Crippen LogP contribution in [0.3, 0.4) is 0 Å². The Bertz CT molecular complexity index is 409. The molecular weight excluding hydrogens is 264 g/mol. The zero-order valence-corrected chi connectivity index (χ0v) is 13.6.